The van der Waals surface area contributed by atoms with Gasteiger partial charge < -0.3 is 9.88 Å². The van der Waals surface area contributed by atoms with Crippen molar-refractivity contribution >= 4 is 17.2 Å². The van der Waals surface area contributed by atoms with E-state index >= 15 is 0 Å². The molecule has 1 amide bonds. The largest absolute Gasteiger partial charge is 0.346 e. The molecule has 2 aromatic rings. The highest BCUT2D eigenvalue weighted by molar-refractivity contribution is 7.10. The van der Waals surface area contributed by atoms with Crippen LogP contribution >= 0.6 is 11.3 Å². The summed E-state index contributed by atoms with van der Waals surface area (Å²) in [5.74, 6) is 1.03. The number of imidazole rings is 1. The molecular weight excluding hydrogens is 284 g/mol. The van der Waals surface area contributed by atoms with Crippen molar-refractivity contribution in [2.75, 3.05) is 0 Å². The van der Waals surface area contributed by atoms with E-state index in [9.17, 15) is 4.79 Å². The van der Waals surface area contributed by atoms with Crippen LogP contribution in [0.4, 0.5) is 0 Å². The Bertz CT molecular complexity index is 653. The van der Waals surface area contributed by atoms with Crippen molar-refractivity contribution in [3.05, 3.63) is 34.3 Å². The minimum atomic E-state index is -0.0738. The molecule has 0 saturated heterocycles. The molecule has 1 atom stereocenters. The van der Waals surface area contributed by atoms with Gasteiger partial charge in [0.05, 0.1) is 5.01 Å². The topological polar surface area (TPSA) is 59.8 Å². The molecule has 0 aromatic carbocycles. The van der Waals surface area contributed by atoms with Gasteiger partial charge in [0.25, 0.3) is 5.91 Å². The van der Waals surface area contributed by atoms with E-state index in [1.807, 2.05) is 17.8 Å². The van der Waals surface area contributed by atoms with Crippen LogP contribution in [0.3, 0.4) is 0 Å². The molecule has 0 saturated carbocycles. The van der Waals surface area contributed by atoms with E-state index in [0.717, 1.165) is 30.2 Å². The Kier molecular flexibility index (Phi) is 3.57. The predicted molar refractivity (Wildman–Crippen MR) is 82.6 cm³/mol. The summed E-state index contributed by atoms with van der Waals surface area (Å²) in [4.78, 5) is 21.1. The van der Waals surface area contributed by atoms with E-state index in [1.54, 1.807) is 11.3 Å². The number of fused-ring (bicyclic) bond motifs is 1. The van der Waals surface area contributed by atoms with Gasteiger partial charge in [-0.15, -0.1) is 11.3 Å². The molecule has 3 rings (SSSR count). The van der Waals surface area contributed by atoms with Crippen LogP contribution < -0.4 is 5.32 Å². The molecule has 0 radical (unpaired) electrons. The summed E-state index contributed by atoms with van der Waals surface area (Å²) in [6.07, 6.45) is 5.62. The summed E-state index contributed by atoms with van der Waals surface area (Å²) in [6.45, 7) is 7.11. The summed E-state index contributed by atoms with van der Waals surface area (Å²) >= 11 is 1.55. The second-order valence-corrected chi connectivity index (χ2v) is 7.35. The number of carbonyl (C=O) groups is 1. The van der Waals surface area contributed by atoms with Crippen LogP contribution in [-0.2, 0) is 18.4 Å². The van der Waals surface area contributed by atoms with Crippen LogP contribution in [-0.4, -0.2) is 26.5 Å². The monoisotopic (exact) mass is 304 g/mol. The molecule has 0 fully saturated rings. The molecule has 2 aromatic heterocycles. The van der Waals surface area contributed by atoms with E-state index in [2.05, 4.69) is 40.6 Å². The second kappa shape index (κ2) is 5.26. The minimum absolute atomic E-state index is 0.0141. The molecule has 0 spiro atoms. The van der Waals surface area contributed by atoms with Crippen molar-refractivity contribution in [1.29, 1.82) is 0 Å². The first-order valence-electron chi connectivity index (χ1n) is 7.20. The molecule has 1 unspecified atom stereocenters. The Balaban J connectivity index is 1.66. The molecule has 112 valence electrons. The maximum absolute atomic E-state index is 12.3. The van der Waals surface area contributed by atoms with Gasteiger partial charge in [0, 0.05) is 42.2 Å². The van der Waals surface area contributed by atoms with Crippen molar-refractivity contribution in [2.24, 2.45) is 0 Å². The SMILES string of the molecule is CC(C)(C)c1nc(C(=O)NC2CCc3nccn3C2)cs1. The number of thiazole rings is 1. The number of nitrogens with one attached hydrogen (secondary N) is 1. The third-order valence-corrected chi connectivity index (χ3v) is 4.92. The maximum Gasteiger partial charge on any atom is 0.271 e. The van der Waals surface area contributed by atoms with Crippen molar-refractivity contribution in [1.82, 2.24) is 19.9 Å². The highest BCUT2D eigenvalue weighted by Gasteiger charge is 2.24. The first-order chi connectivity index (χ1) is 9.93. The van der Waals surface area contributed by atoms with E-state index in [-0.39, 0.29) is 17.4 Å². The van der Waals surface area contributed by atoms with E-state index in [4.69, 9.17) is 0 Å². The third-order valence-electron chi connectivity index (χ3n) is 3.65. The molecule has 6 heteroatoms. The molecule has 0 aliphatic carbocycles. The van der Waals surface area contributed by atoms with Gasteiger partial charge in [0.15, 0.2) is 0 Å². The van der Waals surface area contributed by atoms with Gasteiger partial charge in [-0.25, -0.2) is 9.97 Å². The summed E-state index contributed by atoms with van der Waals surface area (Å²) < 4.78 is 2.11. The van der Waals surface area contributed by atoms with Gasteiger partial charge in [-0.3, -0.25) is 4.79 Å². The van der Waals surface area contributed by atoms with Crippen LogP contribution in [0.5, 0.6) is 0 Å². The quantitative estimate of drug-likeness (QED) is 0.926. The first-order valence-corrected chi connectivity index (χ1v) is 8.08. The Labute approximate surface area is 128 Å². The zero-order valence-electron chi connectivity index (χ0n) is 12.6. The zero-order chi connectivity index (χ0) is 15.0. The number of rotatable bonds is 2. The molecule has 0 bridgehead atoms. The van der Waals surface area contributed by atoms with E-state index in [0.29, 0.717) is 5.69 Å². The molecule has 3 heterocycles. The van der Waals surface area contributed by atoms with Gasteiger partial charge in [-0.05, 0) is 6.42 Å². The fraction of sp³-hybridized carbons (Fsp3) is 0.533. The van der Waals surface area contributed by atoms with Crippen LogP contribution in [0, 0.1) is 0 Å². The van der Waals surface area contributed by atoms with Crippen molar-refractivity contribution < 1.29 is 4.79 Å². The normalized spacial score (nSPS) is 18.3. The number of amides is 1. The van der Waals surface area contributed by atoms with Crippen molar-refractivity contribution in [2.45, 2.75) is 51.6 Å². The lowest BCUT2D eigenvalue weighted by atomic mass is 9.98. The second-order valence-electron chi connectivity index (χ2n) is 6.49. The average molecular weight is 304 g/mol. The summed E-state index contributed by atoms with van der Waals surface area (Å²) in [5.41, 5.74) is 0.515. The minimum Gasteiger partial charge on any atom is -0.346 e. The number of nitrogens with zero attached hydrogens (tertiary/aromatic N) is 3. The lowest BCUT2D eigenvalue weighted by Gasteiger charge is -2.24. The average Bonchev–Trinajstić information content (AvgIpc) is 3.06. The highest BCUT2D eigenvalue weighted by Crippen LogP contribution is 2.25. The van der Waals surface area contributed by atoms with Crippen molar-refractivity contribution in [3.8, 4) is 0 Å². The number of carbonyl (C=O) groups excluding carboxylic acids is 1. The molecular formula is C15H20N4OS. The van der Waals surface area contributed by atoms with E-state index < -0.39 is 0 Å². The van der Waals surface area contributed by atoms with Gasteiger partial charge >= 0.3 is 0 Å². The van der Waals surface area contributed by atoms with Crippen LogP contribution in [0.25, 0.3) is 0 Å². The Morgan fingerprint density at radius 2 is 2.29 bits per heavy atom. The van der Waals surface area contributed by atoms with Gasteiger partial charge in [0.2, 0.25) is 0 Å². The van der Waals surface area contributed by atoms with Gasteiger partial charge in [-0.1, -0.05) is 20.8 Å². The van der Waals surface area contributed by atoms with Crippen LogP contribution in [0.15, 0.2) is 17.8 Å². The zero-order valence-corrected chi connectivity index (χ0v) is 13.4. The number of aryl methyl sites for hydroxylation is 1. The van der Waals surface area contributed by atoms with Crippen LogP contribution in [0.2, 0.25) is 0 Å². The maximum atomic E-state index is 12.3. The van der Waals surface area contributed by atoms with Gasteiger partial charge in [0.1, 0.15) is 11.5 Å². The lowest BCUT2D eigenvalue weighted by molar-refractivity contribution is 0.0923. The molecule has 1 N–H and O–H groups in total. The number of aromatic nitrogens is 3. The number of hydrogen-bond acceptors (Lipinski definition) is 4. The smallest absolute Gasteiger partial charge is 0.271 e. The Morgan fingerprint density at radius 3 is 3.00 bits per heavy atom. The molecule has 1 aliphatic heterocycles. The highest BCUT2D eigenvalue weighted by atomic mass is 32.1. The number of hydrogen-bond donors (Lipinski definition) is 1. The third kappa shape index (κ3) is 3.00. The summed E-state index contributed by atoms with van der Waals surface area (Å²) in [6, 6.07) is 0.152. The molecule has 1 aliphatic rings. The first kappa shape index (κ1) is 14.3. The Hall–Kier alpha value is -1.69. The van der Waals surface area contributed by atoms with Crippen molar-refractivity contribution in [3.63, 3.8) is 0 Å². The standard InChI is InChI=1S/C15H20N4OS/c1-15(2,3)14-18-11(9-21-14)13(20)17-10-4-5-12-16-6-7-19(12)8-10/h6-7,9-10H,4-5,8H2,1-3H3,(H,17,20). The molecule has 5 nitrogen and oxygen atoms in total. The summed E-state index contributed by atoms with van der Waals surface area (Å²) in [5, 5.41) is 5.93. The van der Waals surface area contributed by atoms with E-state index in [1.165, 1.54) is 0 Å². The summed E-state index contributed by atoms with van der Waals surface area (Å²) in [7, 11) is 0. The van der Waals surface area contributed by atoms with Gasteiger partial charge in [-0.2, -0.15) is 0 Å². The fourth-order valence-corrected chi connectivity index (χ4v) is 3.35. The lowest BCUT2D eigenvalue weighted by Crippen LogP contribution is -2.41. The predicted octanol–water partition coefficient (Wildman–Crippen LogP) is 2.38. The molecule has 21 heavy (non-hydrogen) atoms. The fourth-order valence-electron chi connectivity index (χ4n) is 2.47. The van der Waals surface area contributed by atoms with Crippen LogP contribution in [0.1, 0.15) is 48.5 Å². The Morgan fingerprint density at radius 1 is 1.48 bits per heavy atom.